The highest BCUT2D eigenvalue weighted by molar-refractivity contribution is 5.93. The number of likely N-dealkylation sites (N-methyl/N-ethyl adjacent to an activating group) is 1. The molecule has 0 aliphatic carbocycles. The molecule has 0 saturated carbocycles. The lowest BCUT2D eigenvalue weighted by molar-refractivity contribution is 0.0642. The van der Waals surface area contributed by atoms with Gasteiger partial charge in [-0.15, -0.1) is 0 Å². The molecule has 1 fully saturated rings. The van der Waals surface area contributed by atoms with E-state index < -0.39 is 0 Å². The number of hydrogen-bond donors (Lipinski definition) is 1. The zero-order valence-electron chi connectivity index (χ0n) is 14.9. The minimum absolute atomic E-state index is 0.0104. The van der Waals surface area contributed by atoms with Crippen LogP contribution >= 0.6 is 0 Å². The molecule has 6 heteroatoms. The normalized spacial score (nSPS) is 15.2. The lowest BCUT2D eigenvalue weighted by Crippen LogP contribution is -2.48. The number of para-hydroxylation sites is 1. The number of hydrogen-bond acceptors (Lipinski definition) is 5. The summed E-state index contributed by atoms with van der Waals surface area (Å²) in [4.78, 5) is 25.4. The predicted molar refractivity (Wildman–Crippen MR) is 99.2 cm³/mol. The minimum Gasteiger partial charge on any atom is -0.336 e. The van der Waals surface area contributed by atoms with E-state index in [-0.39, 0.29) is 5.91 Å². The Hall–Kier alpha value is -2.47. The molecule has 1 saturated heterocycles. The number of rotatable bonds is 5. The van der Waals surface area contributed by atoms with Gasteiger partial charge in [0, 0.05) is 44.3 Å². The van der Waals surface area contributed by atoms with E-state index in [1.807, 2.05) is 23.1 Å². The molecule has 1 aliphatic rings. The SMILES string of the molecule is CCc1ccccc1Nc1ncc(C(=O)N2CCN(CC)CC2)cn1. The molecule has 1 aromatic heterocycles. The summed E-state index contributed by atoms with van der Waals surface area (Å²) in [5.74, 6) is 0.518. The van der Waals surface area contributed by atoms with Gasteiger partial charge in [-0.05, 0) is 24.6 Å². The number of aromatic nitrogens is 2. The molecule has 6 nitrogen and oxygen atoms in total. The van der Waals surface area contributed by atoms with Crippen molar-refractivity contribution in [3.05, 3.63) is 47.8 Å². The number of piperazine rings is 1. The van der Waals surface area contributed by atoms with Gasteiger partial charge < -0.3 is 15.1 Å². The van der Waals surface area contributed by atoms with Gasteiger partial charge >= 0.3 is 0 Å². The average Bonchev–Trinajstić information content (AvgIpc) is 2.68. The number of nitrogens with zero attached hydrogens (tertiary/aromatic N) is 4. The minimum atomic E-state index is 0.0104. The maximum absolute atomic E-state index is 12.6. The van der Waals surface area contributed by atoms with Crippen molar-refractivity contribution < 1.29 is 4.79 Å². The highest BCUT2D eigenvalue weighted by Crippen LogP contribution is 2.19. The number of amides is 1. The number of benzene rings is 1. The van der Waals surface area contributed by atoms with Crippen LogP contribution in [0.2, 0.25) is 0 Å². The largest absolute Gasteiger partial charge is 0.336 e. The first-order valence-electron chi connectivity index (χ1n) is 8.89. The van der Waals surface area contributed by atoms with E-state index in [2.05, 4.69) is 40.1 Å². The molecule has 0 unspecified atom stereocenters. The van der Waals surface area contributed by atoms with Crippen LogP contribution in [0.5, 0.6) is 0 Å². The summed E-state index contributed by atoms with van der Waals surface area (Å²) in [5.41, 5.74) is 2.75. The second-order valence-corrected chi connectivity index (χ2v) is 6.16. The lowest BCUT2D eigenvalue weighted by Gasteiger charge is -2.33. The Morgan fingerprint density at radius 1 is 1.08 bits per heavy atom. The summed E-state index contributed by atoms with van der Waals surface area (Å²) in [5, 5.41) is 3.23. The predicted octanol–water partition coefficient (Wildman–Crippen LogP) is 2.56. The molecule has 2 heterocycles. The van der Waals surface area contributed by atoms with Crippen LogP contribution in [0.3, 0.4) is 0 Å². The second kappa shape index (κ2) is 8.07. The van der Waals surface area contributed by atoms with Crippen molar-refractivity contribution >= 4 is 17.5 Å². The fourth-order valence-electron chi connectivity index (χ4n) is 3.02. The highest BCUT2D eigenvalue weighted by Gasteiger charge is 2.21. The van der Waals surface area contributed by atoms with E-state index in [1.54, 1.807) is 12.4 Å². The molecule has 1 aromatic carbocycles. The van der Waals surface area contributed by atoms with Gasteiger partial charge in [-0.2, -0.15) is 0 Å². The summed E-state index contributed by atoms with van der Waals surface area (Å²) in [6.45, 7) is 8.67. The molecular formula is C19H25N5O. The smallest absolute Gasteiger partial charge is 0.257 e. The lowest BCUT2D eigenvalue weighted by atomic mass is 10.1. The van der Waals surface area contributed by atoms with Crippen LogP contribution in [-0.2, 0) is 6.42 Å². The molecule has 25 heavy (non-hydrogen) atoms. The Bertz CT molecular complexity index is 708. The van der Waals surface area contributed by atoms with Gasteiger partial charge in [-0.3, -0.25) is 4.79 Å². The molecule has 2 aromatic rings. The summed E-state index contributed by atoms with van der Waals surface area (Å²) in [6.07, 6.45) is 4.15. The third kappa shape index (κ3) is 4.14. The Morgan fingerprint density at radius 3 is 2.40 bits per heavy atom. The van der Waals surface area contributed by atoms with E-state index in [4.69, 9.17) is 0 Å². The van der Waals surface area contributed by atoms with Gasteiger partial charge in [0.1, 0.15) is 0 Å². The first-order chi connectivity index (χ1) is 12.2. The van der Waals surface area contributed by atoms with Crippen molar-refractivity contribution in [1.29, 1.82) is 0 Å². The Kier molecular flexibility index (Phi) is 5.60. The molecule has 1 N–H and O–H groups in total. The maximum Gasteiger partial charge on any atom is 0.257 e. The third-order valence-corrected chi connectivity index (χ3v) is 4.65. The zero-order chi connectivity index (χ0) is 17.6. The van der Waals surface area contributed by atoms with E-state index in [1.165, 1.54) is 5.56 Å². The van der Waals surface area contributed by atoms with E-state index in [0.717, 1.165) is 44.8 Å². The van der Waals surface area contributed by atoms with Gasteiger partial charge in [-0.1, -0.05) is 32.0 Å². The molecule has 1 aliphatic heterocycles. The van der Waals surface area contributed by atoms with Crippen LogP contribution in [0.1, 0.15) is 29.8 Å². The molecule has 3 rings (SSSR count). The van der Waals surface area contributed by atoms with Gasteiger partial charge in [0.15, 0.2) is 0 Å². The second-order valence-electron chi connectivity index (χ2n) is 6.16. The summed E-state index contributed by atoms with van der Waals surface area (Å²) in [6, 6.07) is 8.09. The van der Waals surface area contributed by atoms with Gasteiger partial charge in [0.05, 0.1) is 5.56 Å². The first-order valence-corrected chi connectivity index (χ1v) is 8.89. The average molecular weight is 339 g/mol. The first kappa shape index (κ1) is 17.4. The quantitative estimate of drug-likeness (QED) is 0.907. The maximum atomic E-state index is 12.6. The molecule has 0 spiro atoms. The highest BCUT2D eigenvalue weighted by atomic mass is 16.2. The molecule has 132 valence electrons. The number of anilines is 2. The molecular weight excluding hydrogens is 314 g/mol. The van der Waals surface area contributed by atoms with Crippen molar-refractivity contribution in [2.45, 2.75) is 20.3 Å². The van der Waals surface area contributed by atoms with Crippen LogP contribution in [0.25, 0.3) is 0 Å². The van der Waals surface area contributed by atoms with E-state index in [0.29, 0.717) is 11.5 Å². The van der Waals surface area contributed by atoms with E-state index >= 15 is 0 Å². The topological polar surface area (TPSA) is 61.4 Å². The molecule has 0 atom stereocenters. The van der Waals surface area contributed by atoms with Crippen LogP contribution in [0.4, 0.5) is 11.6 Å². The van der Waals surface area contributed by atoms with Crippen molar-refractivity contribution in [3.8, 4) is 0 Å². The number of carbonyl (C=O) groups is 1. The fourth-order valence-corrected chi connectivity index (χ4v) is 3.02. The Labute approximate surface area is 148 Å². The van der Waals surface area contributed by atoms with Crippen LogP contribution in [0, 0.1) is 0 Å². The summed E-state index contributed by atoms with van der Waals surface area (Å²) in [7, 11) is 0. The fraction of sp³-hybridized carbons (Fsp3) is 0.421. The van der Waals surface area contributed by atoms with Crippen LogP contribution < -0.4 is 5.32 Å². The van der Waals surface area contributed by atoms with E-state index in [9.17, 15) is 4.79 Å². The van der Waals surface area contributed by atoms with Gasteiger partial charge in [0.2, 0.25) is 5.95 Å². The van der Waals surface area contributed by atoms with Crippen molar-refractivity contribution in [1.82, 2.24) is 19.8 Å². The van der Waals surface area contributed by atoms with Crippen LogP contribution in [0.15, 0.2) is 36.7 Å². The molecule has 1 amide bonds. The zero-order valence-corrected chi connectivity index (χ0v) is 14.9. The van der Waals surface area contributed by atoms with Gasteiger partial charge in [0.25, 0.3) is 5.91 Å². The molecule has 0 bridgehead atoms. The van der Waals surface area contributed by atoms with Crippen molar-refractivity contribution in [2.75, 3.05) is 38.0 Å². The number of carbonyl (C=O) groups excluding carboxylic acids is 1. The monoisotopic (exact) mass is 339 g/mol. The Morgan fingerprint density at radius 2 is 1.76 bits per heavy atom. The molecule has 0 radical (unpaired) electrons. The van der Waals surface area contributed by atoms with Crippen LogP contribution in [-0.4, -0.2) is 58.4 Å². The number of nitrogens with one attached hydrogen (secondary N) is 1. The third-order valence-electron chi connectivity index (χ3n) is 4.65. The summed E-state index contributed by atoms with van der Waals surface area (Å²) >= 11 is 0. The summed E-state index contributed by atoms with van der Waals surface area (Å²) < 4.78 is 0. The van der Waals surface area contributed by atoms with Crippen molar-refractivity contribution in [2.24, 2.45) is 0 Å². The standard InChI is InChI=1S/C19H25N5O/c1-3-15-7-5-6-8-17(15)22-19-20-13-16(14-21-19)18(25)24-11-9-23(4-2)10-12-24/h5-8,13-14H,3-4,9-12H2,1-2H3,(H,20,21,22). The Balaban J connectivity index is 1.65. The van der Waals surface area contributed by atoms with Crippen molar-refractivity contribution in [3.63, 3.8) is 0 Å². The number of aryl methyl sites for hydroxylation is 1. The van der Waals surface area contributed by atoms with Gasteiger partial charge in [-0.25, -0.2) is 9.97 Å².